The van der Waals surface area contributed by atoms with Crippen LogP contribution in [0.25, 0.3) is 0 Å². The van der Waals surface area contributed by atoms with Gasteiger partial charge in [-0.05, 0) is 43.4 Å². The minimum absolute atomic E-state index is 0.0352. The van der Waals surface area contributed by atoms with Gasteiger partial charge in [-0.25, -0.2) is 4.98 Å². The summed E-state index contributed by atoms with van der Waals surface area (Å²) in [4.78, 5) is 18.1. The molecule has 1 saturated heterocycles. The number of benzene rings is 1. The molecule has 1 aromatic heterocycles. The molecule has 1 amide bonds. The number of aromatic nitrogens is 1. The van der Waals surface area contributed by atoms with Crippen LogP contribution in [0.3, 0.4) is 0 Å². The summed E-state index contributed by atoms with van der Waals surface area (Å²) in [6.07, 6.45) is 5.91. The van der Waals surface area contributed by atoms with Crippen molar-refractivity contribution in [3.05, 3.63) is 77.4 Å². The van der Waals surface area contributed by atoms with Crippen LogP contribution in [-0.2, 0) is 10.2 Å². The smallest absolute Gasteiger partial charge is 0.254 e. The molecule has 28 heavy (non-hydrogen) atoms. The van der Waals surface area contributed by atoms with E-state index < -0.39 is 5.95 Å². The van der Waals surface area contributed by atoms with Crippen molar-refractivity contribution in [2.75, 3.05) is 19.7 Å². The van der Waals surface area contributed by atoms with Crippen LogP contribution in [0.15, 0.2) is 49.2 Å². The number of halogens is 1. The second kappa shape index (κ2) is 7.47. The van der Waals surface area contributed by atoms with Crippen LogP contribution < -0.4 is 0 Å². The Morgan fingerprint density at radius 2 is 2.14 bits per heavy atom. The second-order valence-corrected chi connectivity index (χ2v) is 7.85. The average Bonchev–Trinajstić information content (AvgIpc) is 2.99. The number of amides is 1. The average molecular weight is 380 g/mol. The lowest BCUT2D eigenvalue weighted by Gasteiger charge is -2.40. The maximum atomic E-state index is 13.4. The fourth-order valence-electron chi connectivity index (χ4n) is 4.65. The number of nitrogens with zero attached hydrogens (tertiary/aromatic N) is 2. The summed E-state index contributed by atoms with van der Waals surface area (Å²) in [6, 6.07) is 9.38. The maximum Gasteiger partial charge on any atom is 0.254 e. The van der Waals surface area contributed by atoms with Crippen molar-refractivity contribution >= 4 is 5.91 Å². The van der Waals surface area contributed by atoms with Crippen molar-refractivity contribution in [1.82, 2.24) is 9.88 Å². The normalized spacial score (nSPS) is 20.2. The molecule has 2 aliphatic rings. The predicted octanol–water partition coefficient (Wildman–Crippen LogP) is 4.35. The quantitative estimate of drug-likeness (QED) is 0.585. The van der Waals surface area contributed by atoms with Crippen molar-refractivity contribution in [3.8, 4) is 0 Å². The lowest BCUT2D eigenvalue weighted by molar-refractivity contribution is 0.0449. The second-order valence-electron chi connectivity index (χ2n) is 7.85. The Labute approximate surface area is 165 Å². The van der Waals surface area contributed by atoms with Gasteiger partial charge in [-0.3, -0.25) is 4.79 Å². The highest BCUT2D eigenvalue weighted by Gasteiger charge is 2.46. The molecule has 1 aromatic carbocycles. The minimum Gasteiger partial charge on any atom is -0.369 e. The van der Waals surface area contributed by atoms with Crippen LogP contribution >= 0.6 is 0 Å². The third-order valence-corrected chi connectivity index (χ3v) is 6.10. The molecule has 0 N–H and O–H groups in total. The van der Waals surface area contributed by atoms with Gasteiger partial charge in [0.25, 0.3) is 5.91 Å². The van der Waals surface area contributed by atoms with E-state index in [1.54, 1.807) is 12.1 Å². The highest BCUT2D eigenvalue weighted by Crippen LogP contribution is 2.52. The molecule has 0 unspecified atom stereocenters. The molecule has 1 spiro atoms. The van der Waals surface area contributed by atoms with E-state index in [1.165, 1.54) is 29.0 Å². The third kappa shape index (κ3) is 3.35. The first-order chi connectivity index (χ1) is 13.5. The SMILES string of the molecule is C=CCO[C@H]1CC2(CCN(C(=O)c3ccnc(F)c3)CC2)c2cc(C)ccc21. The van der Waals surface area contributed by atoms with Crippen molar-refractivity contribution in [2.24, 2.45) is 0 Å². The standard InChI is InChI=1S/C23H25FN2O2/c1-3-12-28-20-15-23(19-13-16(2)4-5-18(19)20)7-10-26(11-8-23)22(27)17-6-9-25-21(24)14-17/h3-6,9,13-14,20H,1,7-8,10-12,15H2,2H3/t20-/m0/s1. The number of pyridine rings is 1. The maximum absolute atomic E-state index is 13.4. The Morgan fingerprint density at radius 1 is 1.36 bits per heavy atom. The predicted molar refractivity (Wildman–Crippen MR) is 106 cm³/mol. The van der Waals surface area contributed by atoms with Crippen LogP contribution in [0.2, 0.25) is 0 Å². The zero-order valence-corrected chi connectivity index (χ0v) is 16.2. The Kier molecular flexibility index (Phi) is 5.02. The highest BCUT2D eigenvalue weighted by molar-refractivity contribution is 5.94. The number of likely N-dealkylation sites (tertiary alicyclic amines) is 1. The van der Waals surface area contributed by atoms with E-state index in [-0.39, 0.29) is 17.4 Å². The number of carbonyl (C=O) groups is 1. The zero-order valence-electron chi connectivity index (χ0n) is 16.2. The fourth-order valence-corrected chi connectivity index (χ4v) is 4.65. The monoisotopic (exact) mass is 380 g/mol. The van der Waals surface area contributed by atoms with Crippen molar-refractivity contribution < 1.29 is 13.9 Å². The molecule has 1 aliphatic heterocycles. The van der Waals surface area contributed by atoms with Gasteiger partial charge in [0.05, 0.1) is 12.7 Å². The summed E-state index contributed by atoms with van der Waals surface area (Å²) in [7, 11) is 0. The molecular formula is C23H25FN2O2. The Hall–Kier alpha value is -2.53. The summed E-state index contributed by atoms with van der Waals surface area (Å²) in [5.74, 6) is -0.750. The molecule has 146 valence electrons. The van der Waals surface area contributed by atoms with Crippen molar-refractivity contribution in [2.45, 2.75) is 37.7 Å². The lowest BCUT2D eigenvalue weighted by atomic mass is 9.73. The van der Waals surface area contributed by atoms with Crippen molar-refractivity contribution in [3.63, 3.8) is 0 Å². The van der Waals surface area contributed by atoms with Crippen LogP contribution in [-0.4, -0.2) is 35.5 Å². The topological polar surface area (TPSA) is 42.4 Å². The van der Waals surface area contributed by atoms with E-state index in [9.17, 15) is 9.18 Å². The Morgan fingerprint density at radius 3 is 2.86 bits per heavy atom. The van der Waals surface area contributed by atoms with Crippen LogP contribution in [0.4, 0.5) is 4.39 Å². The molecule has 0 radical (unpaired) electrons. The van der Waals surface area contributed by atoms with Gasteiger partial charge in [-0.2, -0.15) is 4.39 Å². The van der Waals surface area contributed by atoms with E-state index in [2.05, 4.69) is 36.7 Å². The van der Waals surface area contributed by atoms with E-state index in [0.29, 0.717) is 25.3 Å². The van der Waals surface area contributed by atoms with E-state index in [0.717, 1.165) is 19.3 Å². The molecule has 4 rings (SSSR count). The van der Waals surface area contributed by atoms with Crippen LogP contribution in [0, 0.1) is 12.9 Å². The molecule has 1 fully saturated rings. The van der Waals surface area contributed by atoms with Gasteiger partial charge in [-0.1, -0.05) is 29.8 Å². The zero-order chi connectivity index (χ0) is 19.7. The number of piperidine rings is 1. The van der Waals surface area contributed by atoms with E-state index >= 15 is 0 Å². The first-order valence-electron chi connectivity index (χ1n) is 9.77. The number of aryl methyl sites for hydroxylation is 1. The summed E-state index contributed by atoms with van der Waals surface area (Å²) in [5, 5.41) is 0. The largest absolute Gasteiger partial charge is 0.369 e. The molecule has 2 aromatic rings. The van der Waals surface area contributed by atoms with Gasteiger partial charge < -0.3 is 9.64 Å². The third-order valence-electron chi connectivity index (χ3n) is 6.10. The van der Waals surface area contributed by atoms with Gasteiger partial charge in [0.2, 0.25) is 5.95 Å². The molecule has 2 heterocycles. The van der Waals surface area contributed by atoms with Crippen molar-refractivity contribution in [1.29, 1.82) is 0 Å². The number of ether oxygens (including phenoxy) is 1. The van der Waals surface area contributed by atoms with Gasteiger partial charge in [0.15, 0.2) is 0 Å². The number of rotatable bonds is 4. The summed E-state index contributed by atoms with van der Waals surface area (Å²) in [6.45, 7) is 7.72. The molecule has 0 bridgehead atoms. The van der Waals surface area contributed by atoms with Gasteiger partial charge >= 0.3 is 0 Å². The van der Waals surface area contributed by atoms with E-state index in [1.807, 2.05) is 4.90 Å². The molecule has 0 saturated carbocycles. The first kappa shape index (κ1) is 18.8. The molecule has 4 nitrogen and oxygen atoms in total. The molecular weight excluding hydrogens is 355 g/mol. The molecule has 5 heteroatoms. The number of carbonyl (C=O) groups excluding carboxylic acids is 1. The minimum atomic E-state index is -0.623. The van der Waals surface area contributed by atoms with Gasteiger partial charge in [0.1, 0.15) is 0 Å². The summed E-state index contributed by atoms with van der Waals surface area (Å²) < 4.78 is 19.4. The molecule has 1 atom stereocenters. The first-order valence-corrected chi connectivity index (χ1v) is 9.77. The van der Waals surface area contributed by atoms with E-state index in [4.69, 9.17) is 4.74 Å². The fraction of sp³-hybridized carbons (Fsp3) is 0.391. The van der Waals surface area contributed by atoms with Crippen LogP contribution in [0.5, 0.6) is 0 Å². The number of fused-ring (bicyclic) bond motifs is 2. The Bertz CT molecular complexity index is 903. The molecule has 1 aliphatic carbocycles. The van der Waals surface area contributed by atoms with Crippen LogP contribution in [0.1, 0.15) is 52.4 Å². The van der Waals surface area contributed by atoms with Gasteiger partial charge in [0, 0.05) is 36.3 Å². The highest BCUT2D eigenvalue weighted by atomic mass is 19.1. The Balaban J connectivity index is 1.54. The lowest BCUT2D eigenvalue weighted by Crippen LogP contribution is -2.44. The van der Waals surface area contributed by atoms with Gasteiger partial charge in [-0.15, -0.1) is 6.58 Å². The number of hydrogen-bond acceptors (Lipinski definition) is 3. The summed E-state index contributed by atoms with van der Waals surface area (Å²) in [5.41, 5.74) is 4.27. The summed E-state index contributed by atoms with van der Waals surface area (Å²) >= 11 is 0. The number of hydrogen-bond donors (Lipinski definition) is 0.